The quantitative estimate of drug-likeness (QED) is 0.542. The van der Waals surface area contributed by atoms with E-state index in [2.05, 4.69) is 15.9 Å². The Hall–Kier alpha value is -1.93. The molecule has 1 amide bonds. The van der Waals surface area contributed by atoms with Crippen LogP contribution in [-0.4, -0.2) is 29.4 Å². The Morgan fingerprint density at radius 1 is 1.39 bits per heavy atom. The van der Waals surface area contributed by atoms with Crippen LogP contribution in [0.4, 0.5) is 5.69 Å². The number of hydrogen-bond acceptors (Lipinski definition) is 5. The Morgan fingerprint density at radius 3 is 2.70 bits per heavy atom. The van der Waals surface area contributed by atoms with Crippen LogP contribution >= 0.6 is 27.3 Å². The van der Waals surface area contributed by atoms with Gasteiger partial charge in [0, 0.05) is 23.6 Å². The van der Waals surface area contributed by atoms with E-state index in [-0.39, 0.29) is 22.9 Å². The van der Waals surface area contributed by atoms with Crippen LogP contribution < -0.4 is 4.74 Å². The topological polar surface area (TPSA) is 72.7 Å². The van der Waals surface area contributed by atoms with Gasteiger partial charge < -0.3 is 9.64 Å². The van der Waals surface area contributed by atoms with Crippen molar-refractivity contribution in [3.05, 3.63) is 54.7 Å². The first-order valence-electron chi connectivity index (χ1n) is 6.83. The minimum atomic E-state index is -0.543. The Bertz CT molecular complexity index is 732. The number of amides is 1. The van der Waals surface area contributed by atoms with E-state index in [1.807, 2.05) is 12.1 Å². The van der Waals surface area contributed by atoms with Crippen LogP contribution in [0.25, 0.3) is 0 Å². The first-order chi connectivity index (χ1) is 10.9. The van der Waals surface area contributed by atoms with Gasteiger partial charge in [0.1, 0.15) is 0 Å². The zero-order valence-corrected chi connectivity index (χ0v) is 15.0. The largest absolute Gasteiger partial charge is 0.487 e. The number of rotatable bonds is 6. The summed E-state index contributed by atoms with van der Waals surface area (Å²) in [6.45, 7) is 2.51. The van der Waals surface area contributed by atoms with Crippen LogP contribution in [0.5, 0.6) is 5.75 Å². The molecule has 0 bridgehead atoms. The number of carbonyl (C=O) groups is 1. The van der Waals surface area contributed by atoms with Gasteiger partial charge in [-0.1, -0.05) is 0 Å². The van der Waals surface area contributed by atoms with Gasteiger partial charge in [0.15, 0.2) is 5.75 Å². The number of halogens is 1. The predicted molar refractivity (Wildman–Crippen MR) is 92.1 cm³/mol. The van der Waals surface area contributed by atoms with E-state index in [1.165, 1.54) is 17.0 Å². The minimum Gasteiger partial charge on any atom is -0.487 e. The molecular weight excluding hydrogens is 384 g/mol. The summed E-state index contributed by atoms with van der Waals surface area (Å²) in [5.74, 6) is -0.112. The normalized spacial score (nSPS) is 10.4. The van der Waals surface area contributed by atoms with Crippen molar-refractivity contribution >= 4 is 38.9 Å². The third-order valence-corrected chi connectivity index (χ3v) is 4.68. The highest BCUT2D eigenvalue weighted by molar-refractivity contribution is 9.11. The second kappa shape index (κ2) is 7.56. The number of ether oxygens (including phenoxy) is 1. The Kier molecular flexibility index (Phi) is 5.73. The van der Waals surface area contributed by atoms with Crippen molar-refractivity contribution in [3.8, 4) is 5.75 Å². The molecule has 2 rings (SSSR count). The SMILES string of the molecule is CCOc1ccc(C(=O)N(C)Cc2ccc(Br)s2)cc1[N+](=O)[O-]. The van der Waals surface area contributed by atoms with Gasteiger partial charge in [-0.05, 0) is 47.1 Å². The van der Waals surface area contributed by atoms with Gasteiger partial charge >= 0.3 is 5.69 Å². The highest BCUT2D eigenvalue weighted by Gasteiger charge is 2.20. The first-order valence-corrected chi connectivity index (χ1v) is 8.44. The average molecular weight is 399 g/mol. The number of hydrogen-bond donors (Lipinski definition) is 0. The van der Waals surface area contributed by atoms with E-state index in [0.29, 0.717) is 13.2 Å². The van der Waals surface area contributed by atoms with Crippen LogP contribution in [-0.2, 0) is 6.54 Å². The number of carbonyl (C=O) groups excluding carboxylic acids is 1. The fourth-order valence-electron chi connectivity index (χ4n) is 2.03. The molecule has 0 atom stereocenters. The number of nitro groups is 1. The van der Waals surface area contributed by atoms with E-state index in [4.69, 9.17) is 4.74 Å². The molecule has 0 aliphatic rings. The van der Waals surface area contributed by atoms with Crippen molar-refractivity contribution in [2.24, 2.45) is 0 Å². The van der Waals surface area contributed by atoms with Gasteiger partial charge in [-0.15, -0.1) is 11.3 Å². The van der Waals surface area contributed by atoms with E-state index in [1.54, 1.807) is 31.4 Å². The lowest BCUT2D eigenvalue weighted by molar-refractivity contribution is -0.385. The van der Waals surface area contributed by atoms with Gasteiger partial charge in [0.05, 0.1) is 21.9 Å². The molecule has 23 heavy (non-hydrogen) atoms. The summed E-state index contributed by atoms with van der Waals surface area (Å²) in [5.41, 5.74) is 0.0586. The molecule has 1 aromatic carbocycles. The molecule has 0 aliphatic carbocycles. The maximum Gasteiger partial charge on any atom is 0.311 e. The molecule has 8 heteroatoms. The zero-order chi connectivity index (χ0) is 17.0. The summed E-state index contributed by atoms with van der Waals surface area (Å²) in [6.07, 6.45) is 0. The van der Waals surface area contributed by atoms with Gasteiger partial charge in [-0.3, -0.25) is 14.9 Å². The molecule has 1 heterocycles. The van der Waals surface area contributed by atoms with Crippen molar-refractivity contribution in [1.29, 1.82) is 0 Å². The second-order valence-corrected chi connectivity index (χ2v) is 7.29. The second-order valence-electron chi connectivity index (χ2n) is 4.74. The summed E-state index contributed by atoms with van der Waals surface area (Å²) in [4.78, 5) is 25.6. The molecule has 6 nitrogen and oxygen atoms in total. The third-order valence-electron chi connectivity index (χ3n) is 3.07. The highest BCUT2D eigenvalue weighted by atomic mass is 79.9. The van der Waals surface area contributed by atoms with Crippen LogP contribution in [0.1, 0.15) is 22.2 Å². The molecule has 0 radical (unpaired) electrons. The lowest BCUT2D eigenvalue weighted by atomic mass is 10.1. The maximum absolute atomic E-state index is 12.5. The molecule has 0 N–H and O–H groups in total. The number of benzene rings is 1. The van der Waals surface area contributed by atoms with Crippen molar-refractivity contribution in [3.63, 3.8) is 0 Å². The Labute approximate surface area is 146 Å². The molecule has 1 aromatic heterocycles. The van der Waals surface area contributed by atoms with Gasteiger partial charge in [-0.2, -0.15) is 0 Å². The summed E-state index contributed by atoms with van der Waals surface area (Å²) in [5, 5.41) is 11.1. The van der Waals surface area contributed by atoms with E-state index < -0.39 is 4.92 Å². The lowest BCUT2D eigenvalue weighted by Gasteiger charge is -2.16. The fraction of sp³-hybridized carbons (Fsp3) is 0.267. The molecule has 122 valence electrons. The standard InChI is InChI=1S/C15H15BrN2O4S/c1-3-22-13-6-4-10(8-12(13)18(20)21)15(19)17(2)9-11-5-7-14(16)23-11/h4-8H,3,9H2,1-2H3. The molecular formula is C15H15BrN2O4S. The van der Waals surface area contributed by atoms with Crippen LogP contribution in [0.3, 0.4) is 0 Å². The number of nitro benzene ring substituents is 1. The highest BCUT2D eigenvalue weighted by Crippen LogP contribution is 2.29. The molecule has 0 unspecified atom stereocenters. The molecule has 0 saturated carbocycles. The Balaban J connectivity index is 2.21. The summed E-state index contributed by atoms with van der Waals surface area (Å²) >= 11 is 4.92. The molecule has 0 saturated heterocycles. The summed E-state index contributed by atoms with van der Waals surface area (Å²) in [7, 11) is 1.66. The smallest absolute Gasteiger partial charge is 0.311 e. The van der Waals surface area contributed by atoms with Crippen molar-refractivity contribution in [1.82, 2.24) is 4.90 Å². The number of nitrogens with zero attached hydrogens (tertiary/aromatic N) is 2. The zero-order valence-electron chi connectivity index (χ0n) is 12.6. The fourth-order valence-corrected chi connectivity index (χ4v) is 3.57. The van der Waals surface area contributed by atoms with Crippen LogP contribution in [0, 0.1) is 10.1 Å². The van der Waals surface area contributed by atoms with Crippen LogP contribution in [0.2, 0.25) is 0 Å². The molecule has 0 aliphatic heterocycles. The van der Waals surface area contributed by atoms with E-state index >= 15 is 0 Å². The van der Waals surface area contributed by atoms with Gasteiger partial charge in [0.25, 0.3) is 5.91 Å². The monoisotopic (exact) mass is 398 g/mol. The van der Waals surface area contributed by atoms with Crippen molar-refractivity contribution in [2.45, 2.75) is 13.5 Å². The average Bonchev–Trinajstić information content (AvgIpc) is 2.92. The number of thiophene rings is 1. The van der Waals surface area contributed by atoms with Crippen LogP contribution in [0.15, 0.2) is 34.1 Å². The summed E-state index contributed by atoms with van der Waals surface area (Å²) < 4.78 is 6.21. The summed E-state index contributed by atoms with van der Waals surface area (Å²) in [6, 6.07) is 8.11. The van der Waals surface area contributed by atoms with Gasteiger partial charge in [-0.25, -0.2) is 0 Å². The lowest BCUT2D eigenvalue weighted by Crippen LogP contribution is -2.25. The first kappa shape index (κ1) is 17.4. The van der Waals surface area contributed by atoms with Gasteiger partial charge in [0.2, 0.25) is 0 Å². The minimum absolute atomic E-state index is 0.166. The van der Waals surface area contributed by atoms with E-state index in [9.17, 15) is 14.9 Å². The molecule has 0 fully saturated rings. The third kappa shape index (κ3) is 4.29. The van der Waals surface area contributed by atoms with Crippen molar-refractivity contribution < 1.29 is 14.5 Å². The predicted octanol–water partition coefficient (Wildman–Crippen LogP) is 4.09. The molecule has 2 aromatic rings. The van der Waals surface area contributed by atoms with Crippen molar-refractivity contribution in [2.75, 3.05) is 13.7 Å². The Morgan fingerprint density at radius 2 is 2.13 bits per heavy atom. The van der Waals surface area contributed by atoms with E-state index in [0.717, 1.165) is 8.66 Å². The maximum atomic E-state index is 12.5. The molecule has 0 spiro atoms.